The molecule has 2 heterocycles. The number of carbonyl (C=O) groups excluding carboxylic acids is 3. The molecule has 2 N–H and O–H groups in total. The highest BCUT2D eigenvalue weighted by Gasteiger charge is 2.20. The Kier molecular flexibility index (Phi) is 6.75. The van der Waals surface area contributed by atoms with Crippen molar-refractivity contribution < 1.29 is 28.2 Å². The van der Waals surface area contributed by atoms with Crippen LogP contribution in [-0.4, -0.2) is 41.0 Å². The van der Waals surface area contributed by atoms with Gasteiger partial charge in [-0.3, -0.25) is 14.4 Å². The summed E-state index contributed by atoms with van der Waals surface area (Å²) < 4.78 is 22.9. The summed E-state index contributed by atoms with van der Waals surface area (Å²) in [6, 6.07) is 4.83. The molecule has 0 saturated heterocycles. The highest BCUT2D eigenvalue weighted by molar-refractivity contribution is 7.20. The van der Waals surface area contributed by atoms with Gasteiger partial charge in [0.1, 0.15) is 34.5 Å². The predicted molar refractivity (Wildman–Crippen MR) is 109 cm³/mol. The second-order valence-corrected chi connectivity index (χ2v) is 7.32. The molecule has 0 fully saturated rings. The lowest BCUT2D eigenvalue weighted by Crippen LogP contribution is -2.30. The molecular formula is C20H18FN3O6S. The minimum Gasteiger partial charge on any atom is -0.462 e. The van der Waals surface area contributed by atoms with E-state index in [1.807, 2.05) is 0 Å². The number of aromatic amines is 1. The van der Waals surface area contributed by atoms with Crippen molar-refractivity contribution in [2.45, 2.75) is 20.5 Å². The number of thiophene rings is 1. The molecule has 0 saturated carbocycles. The van der Waals surface area contributed by atoms with E-state index in [2.05, 4.69) is 15.3 Å². The van der Waals surface area contributed by atoms with Crippen LogP contribution in [0.3, 0.4) is 0 Å². The van der Waals surface area contributed by atoms with E-state index in [0.29, 0.717) is 10.4 Å². The summed E-state index contributed by atoms with van der Waals surface area (Å²) in [5.41, 5.74) is 0.195. The normalized spacial score (nSPS) is 10.7. The Morgan fingerprint density at radius 1 is 1.19 bits per heavy atom. The van der Waals surface area contributed by atoms with Crippen LogP contribution < -0.4 is 10.9 Å². The molecule has 0 spiro atoms. The Hall–Kier alpha value is -3.60. The summed E-state index contributed by atoms with van der Waals surface area (Å²) in [5, 5.41) is 2.63. The molecule has 0 aliphatic rings. The second kappa shape index (κ2) is 9.47. The van der Waals surface area contributed by atoms with E-state index in [0.717, 1.165) is 23.5 Å². The van der Waals surface area contributed by atoms with Gasteiger partial charge in [0.15, 0.2) is 0 Å². The van der Waals surface area contributed by atoms with Crippen LogP contribution in [0.4, 0.5) is 4.39 Å². The van der Waals surface area contributed by atoms with E-state index in [9.17, 15) is 23.6 Å². The van der Waals surface area contributed by atoms with Gasteiger partial charge in [0, 0.05) is 5.56 Å². The zero-order valence-corrected chi connectivity index (χ0v) is 17.4. The van der Waals surface area contributed by atoms with Crippen LogP contribution in [0.25, 0.3) is 10.2 Å². The minimum absolute atomic E-state index is 0.0902. The maximum atomic E-state index is 12.9. The van der Waals surface area contributed by atoms with Gasteiger partial charge in [-0.1, -0.05) is 0 Å². The Labute approximate surface area is 179 Å². The predicted octanol–water partition coefficient (Wildman–Crippen LogP) is 2.08. The minimum atomic E-state index is -0.757. The second-order valence-electron chi connectivity index (χ2n) is 6.32. The van der Waals surface area contributed by atoms with Crippen LogP contribution in [0.15, 0.2) is 29.1 Å². The number of ether oxygens (including phenoxy) is 2. The van der Waals surface area contributed by atoms with Crippen molar-refractivity contribution in [3.63, 3.8) is 0 Å². The van der Waals surface area contributed by atoms with Gasteiger partial charge in [-0.2, -0.15) is 0 Å². The molecule has 0 aliphatic carbocycles. The number of fused-ring (bicyclic) bond motifs is 1. The number of rotatable bonds is 7. The highest BCUT2D eigenvalue weighted by atomic mass is 32.1. The average Bonchev–Trinajstić information content (AvgIpc) is 3.08. The molecule has 0 atom stereocenters. The van der Waals surface area contributed by atoms with Crippen LogP contribution >= 0.6 is 11.3 Å². The average molecular weight is 447 g/mol. The van der Waals surface area contributed by atoms with Crippen LogP contribution in [0.1, 0.15) is 38.3 Å². The molecule has 9 nitrogen and oxygen atoms in total. The van der Waals surface area contributed by atoms with Gasteiger partial charge in [-0.25, -0.2) is 14.2 Å². The zero-order valence-electron chi connectivity index (χ0n) is 16.6. The summed E-state index contributed by atoms with van der Waals surface area (Å²) in [7, 11) is 0. The third-order valence-electron chi connectivity index (χ3n) is 4.18. The van der Waals surface area contributed by atoms with Crippen LogP contribution in [-0.2, 0) is 20.9 Å². The topological polar surface area (TPSA) is 127 Å². The fraction of sp³-hybridized carbons (Fsp3) is 0.250. The van der Waals surface area contributed by atoms with Crippen LogP contribution in [0.5, 0.6) is 0 Å². The molecule has 3 aromatic rings. The first kappa shape index (κ1) is 22.1. The first-order valence-corrected chi connectivity index (χ1v) is 10.0. The van der Waals surface area contributed by atoms with Gasteiger partial charge in [0.05, 0.1) is 12.0 Å². The Bertz CT molecular complexity index is 1200. The Balaban J connectivity index is 1.63. The van der Waals surface area contributed by atoms with E-state index >= 15 is 0 Å². The van der Waals surface area contributed by atoms with E-state index in [1.54, 1.807) is 13.8 Å². The lowest BCUT2D eigenvalue weighted by molar-refractivity contribution is -0.143. The first-order valence-electron chi connectivity index (χ1n) is 9.19. The molecule has 1 amide bonds. The summed E-state index contributed by atoms with van der Waals surface area (Å²) >= 11 is 1.02. The number of aromatic nitrogens is 2. The fourth-order valence-electron chi connectivity index (χ4n) is 2.70. The monoisotopic (exact) mass is 447 g/mol. The molecule has 0 radical (unpaired) electrons. The lowest BCUT2D eigenvalue weighted by atomic mass is 10.2. The summed E-state index contributed by atoms with van der Waals surface area (Å²) in [6.45, 7) is 2.76. The molecule has 1 aromatic carbocycles. The van der Waals surface area contributed by atoms with Gasteiger partial charge in [-0.05, 0) is 43.7 Å². The summed E-state index contributed by atoms with van der Waals surface area (Å²) in [5.74, 6) is -2.25. The van der Waals surface area contributed by atoms with Crippen molar-refractivity contribution in [1.29, 1.82) is 0 Å². The summed E-state index contributed by atoms with van der Waals surface area (Å²) in [4.78, 5) is 55.6. The smallest absolute Gasteiger partial charge is 0.348 e. The van der Waals surface area contributed by atoms with E-state index in [4.69, 9.17) is 9.47 Å². The molecule has 31 heavy (non-hydrogen) atoms. The summed E-state index contributed by atoms with van der Waals surface area (Å²) in [6.07, 6.45) is 0. The van der Waals surface area contributed by atoms with Crippen molar-refractivity contribution in [3.05, 3.63) is 62.3 Å². The maximum absolute atomic E-state index is 12.9. The number of hydrogen-bond donors (Lipinski definition) is 2. The largest absolute Gasteiger partial charge is 0.462 e. The zero-order chi connectivity index (χ0) is 22.5. The first-order chi connectivity index (χ1) is 14.8. The number of halogens is 1. The van der Waals surface area contributed by atoms with Crippen molar-refractivity contribution >= 4 is 39.4 Å². The van der Waals surface area contributed by atoms with Gasteiger partial charge < -0.3 is 19.8 Å². The van der Waals surface area contributed by atoms with Crippen molar-refractivity contribution in [2.75, 3.05) is 13.2 Å². The molecule has 0 bridgehead atoms. The third-order valence-corrected chi connectivity index (χ3v) is 5.35. The lowest BCUT2D eigenvalue weighted by Gasteiger charge is -2.06. The van der Waals surface area contributed by atoms with Crippen LogP contribution in [0.2, 0.25) is 0 Å². The number of nitrogens with one attached hydrogen (secondary N) is 2. The van der Waals surface area contributed by atoms with Gasteiger partial charge in [0.2, 0.25) is 0 Å². The number of esters is 2. The van der Waals surface area contributed by atoms with Crippen molar-refractivity contribution in [2.24, 2.45) is 0 Å². The Morgan fingerprint density at radius 3 is 2.58 bits per heavy atom. The van der Waals surface area contributed by atoms with Gasteiger partial charge in [0.25, 0.3) is 11.5 Å². The number of H-pyrrole nitrogens is 1. The van der Waals surface area contributed by atoms with E-state index in [-0.39, 0.29) is 34.9 Å². The fourth-order valence-corrected chi connectivity index (χ4v) is 3.80. The number of benzene rings is 1. The molecule has 3 rings (SSSR count). The van der Waals surface area contributed by atoms with Gasteiger partial charge in [-0.15, -0.1) is 11.3 Å². The standard InChI is InChI=1S/C20H18FN3O6S/c1-3-29-20(28)16-10(2)15-18(27)23-13(24-19(15)31-16)9-30-14(25)8-22-17(26)11-4-6-12(21)7-5-11/h4-7H,3,8-9H2,1-2H3,(H,22,26)(H,23,24,27). The Morgan fingerprint density at radius 2 is 1.90 bits per heavy atom. The van der Waals surface area contributed by atoms with Crippen molar-refractivity contribution in [1.82, 2.24) is 15.3 Å². The number of hydrogen-bond acceptors (Lipinski definition) is 8. The van der Waals surface area contributed by atoms with Crippen molar-refractivity contribution in [3.8, 4) is 0 Å². The highest BCUT2D eigenvalue weighted by Crippen LogP contribution is 2.27. The SMILES string of the molecule is CCOC(=O)c1sc2nc(COC(=O)CNC(=O)c3ccc(F)cc3)[nH]c(=O)c2c1C. The number of carbonyl (C=O) groups is 3. The number of amides is 1. The third kappa shape index (κ3) is 5.12. The van der Waals surface area contributed by atoms with Gasteiger partial charge >= 0.3 is 11.9 Å². The number of nitrogens with zero attached hydrogens (tertiary/aromatic N) is 1. The molecule has 162 valence electrons. The maximum Gasteiger partial charge on any atom is 0.348 e. The number of aryl methyl sites for hydroxylation is 1. The van der Waals surface area contributed by atoms with E-state index < -0.39 is 35.8 Å². The van der Waals surface area contributed by atoms with E-state index in [1.165, 1.54) is 12.1 Å². The molecule has 11 heteroatoms. The molecular weight excluding hydrogens is 429 g/mol. The quantitative estimate of drug-likeness (QED) is 0.531. The molecule has 2 aromatic heterocycles. The van der Waals surface area contributed by atoms with Crippen LogP contribution in [0, 0.1) is 12.7 Å². The molecule has 0 unspecified atom stereocenters. The molecule has 0 aliphatic heterocycles.